The maximum Gasteiger partial charge on any atom is 0.326 e. The van der Waals surface area contributed by atoms with Gasteiger partial charge in [-0.25, -0.2) is 4.79 Å². The van der Waals surface area contributed by atoms with Gasteiger partial charge in [0.2, 0.25) is 5.91 Å². The number of rotatable bonds is 3. The van der Waals surface area contributed by atoms with Gasteiger partial charge >= 0.3 is 5.97 Å². The van der Waals surface area contributed by atoms with Gasteiger partial charge in [-0.2, -0.15) is 0 Å². The molecule has 0 bridgehead atoms. The smallest absolute Gasteiger partial charge is 0.326 e. The number of carboxylic acids is 1. The minimum absolute atomic E-state index is 0.0232. The van der Waals surface area contributed by atoms with Crippen molar-refractivity contribution in [1.82, 2.24) is 4.90 Å². The maximum absolute atomic E-state index is 11.6. The number of carboxylic acid groups (broad SMARTS) is 1. The summed E-state index contributed by atoms with van der Waals surface area (Å²) in [4.78, 5) is 23.9. The molecule has 0 aliphatic carbocycles. The predicted octanol–water partition coefficient (Wildman–Crippen LogP) is 1.11. The van der Waals surface area contributed by atoms with Crippen molar-refractivity contribution in [1.29, 1.82) is 0 Å². The number of aliphatic carboxylic acids is 1. The van der Waals surface area contributed by atoms with Gasteiger partial charge in [-0.05, 0) is 18.8 Å². The Kier molecular flexibility index (Phi) is 3.49. The molecule has 1 amide bonds. The summed E-state index contributed by atoms with van der Waals surface area (Å²) in [6.07, 6.45) is 1.85. The molecule has 1 rings (SSSR count). The molecule has 0 unspecified atom stereocenters. The number of hydrogen-bond donors (Lipinski definition) is 1. The Hall–Kier alpha value is -1.06. The summed E-state index contributed by atoms with van der Waals surface area (Å²) in [5.41, 5.74) is 0. The zero-order valence-electron chi connectivity index (χ0n) is 8.69. The second-order valence-corrected chi connectivity index (χ2v) is 4.18. The van der Waals surface area contributed by atoms with Crippen molar-refractivity contribution in [3.05, 3.63) is 0 Å². The number of hydrogen-bond acceptors (Lipinski definition) is 2. The first-order valence-electron chi connectivity index (χ1n) is 5.04. The van der Waals surface area contributed by atoms with Crippen LogP contribution >= 0.6 is 0 Å². The van der Waals surface area contributed by atoms with Crippen molar-refractivity contribution < 1.29 is 14.7 Å². The zero-order valence-corrected chi connectivity index (χ0v) is 8.69. The number of carbonyl (C=O) groups excluding carboxylic acids is 1. The number of carbonyl (C=O) groups is 2. The fraction of sp³-hybridized carbons (Fsp3) is 0.800. The van der Waals surface area contributed by atoms with Gasteiger partial charge in [-0.15, -0.1) is 0 Å². The van der Waals surface area contributed by atoms with Gasteiger partial charge in [0.05, 0.1) is 0 Å². The Bertz CT molecular complexity index is 238. The average molecular weight is 199 g/mol. The molecule has 0 aromatic rings. The molecular weight excluding hydrogens is 182 g/mol. The number of amides is 1. The van der Waals surface area contributed by atoms with Crippen molar-refractivity contribution >= 4 is 11.9 Å². The summed E-state index contributed by atoms with van der Waals surface area (Å²) in [5.74, 6) is -0.609. The summed E-state index contributed by atoms with van der Waals surface area (Å²) < 4.78 is 0. The first-order valence-corrected chi connectivity index (χ1v) is 5.04. The molecule has 0 spiro atoms. The van der Waals surface area contributed by atoms with Crippen molar-refractivity contribution in [2.45, 2.75) is 39.2 Å². The van der Waals surface area contributed by atoms with Gasteiger partial charge in [-0.1, -0.05) is 13.8 Å². The van der Waals surface area contributed by atoms with Crippen molar-refractivity contribution in [2.24, 2.45) is 5.92 Å². The lowest BCUT2D eigenvalue weighted by Gasteiger charge is -2.22. The Balaban J connectivity index is 2.58. The highest BCUT2D eigenvalue weighted by Gasteiger charge is 2.33. The average Bonchev–Trinajstić information content (AvgIpc) is 2.49. The van der Waals surface area contributed by atoms with Crippen LogP contribution in [0.25, 0.3) is 0 Å². The molecule has 1 atom stereocenters. The zero-order chi connectivity index (χ0) is 10.7. The van der Waals surface area contributed by atoms with Gasteiger partial charge in [0, 0.05) is 13.0 Å². The SMILES string of the molecule is CC(C)CC(=O)N1CCC[C@H]1C(=O)O. The predicted molar refractivity (Wildman–Crippen MR) is 51.8 cm³/mol. The Morgan fingerprint density at radius 3 is 2.64 bits per heavy atom. The largest absolute Gasteiger partial charge is 0.480 e. The standard InChI is InChI=1S/C10H17NO3/c1-7(2)6-9(12)11-5-3-4-8(11)10(13)14/h7-8H,3-6H2,1-2H3,(H,13,14)/t8-/m0/s1. The molecule has 1 heterocycles. The quantitative estimate of drug-likeness (QED) is 0.740. The van der Waals surface area contributed by atoms with E-state index in [4.69, 9.17) is 5.11 Å². The highest BCUT2D eigenvalue weighted by Crippen LogP contribution is 2.19. The van der Waals surface area contributed by atoms with E-state index in [0.29, 0.717) is 19.4 Å². The topological polar surface area (TPSA) is 57.6 Å². The molecule has 4 nitrogen and oxygen atoms in total. The molecule has 0 aromatic heterocycles. The first-order chi connectivity index (χ1) is 6.52. The molecule has 0 aromatic carbocycles. The molecule has 1 saturated heterocycles. The van der Waals surface area contributed by atoms with Crippen molar-refractivity contribution in [3.63, 3.8) is 0 Å². The van der Waals surface area contributed by atoms with Crippen LogP contribution in [0.4, 0.5) is 0 Å². The van der Waals surface area contributed by atoms with E-state index in [1.807, 2.05) is 13.8 Å². The second-order valence-electron chi connectivity index (χ2n) is 4.18. The number of nitrogens with zero attached hydrogens (tertiary/aromatic N) is 1. The van der Waals surface area contributed by atoms with Gasteiger partial charge in [0.1, 0.15) is 6.04 Å². The van der Waals surface area contributed by atoms with E-state index in [-0.39, 0.29) is 11.8 Å². The molecule has 1 aliphatic heterocycles. The third-order valence-corrected chi connectivity index (χ3v) is 2.44. The third-order valence-electron chi connectivity index (χ3n) is 2.44. The lowest BCUT2D eigenvalue weighted by molar-refractivity contribution is -0.148. The summed E-state index contributed by atoms with van der Waals surface area (Å²) in [6.45, 7) is 4.52. The van der Waals surface area contributed by atoms with Gasteiger partial charge < -0.3 is 10.0 Å². The van der Waals surface area contributed by atoms with E-state index in [1.54, 1.807) is 0 Å². The summed E-state index contributed by atoms with van der Waals surface area (Å²) in [5, 5.41) is 8.87. The van der Waals surface area contributed by atoms with Crippen LogP contribution in [0, 0.1) is 5.92 Å². The van der Waals surface area contributed by atoms with Crippen LogP contribution in [0.5, 0.6) is 0 Å². The molecule has 0 saturated carbocycles. The van der Waals surface area contributed by atoms with Crippen LogP contribution in [-0.4, -0.2) is 34.5 Å². The van der Waals surface area contributed by atoms with Crippen LogP contribution in [0.1, 0.15) is 33.1 Å². The molecule has 4 heteroatoms. The Morgan fingerprint density at radius 2 is 2.14 bits per heavy atom. The monoisotopic (exact) mass is 199 g/mol. The Labute approximate surface area is 83.9 Å². The van der Waals surface area contributed by atoms with E-state index >= 15 is 0 Å². The van der Waals surface area contributed by atoms with E-state index in [2.05, 4.69) is 0 Å². The first kappa shape index (κ1) is 11.0. The van der Waals surface area contributed by atoms with E-state index in [1.165, 1.54) is 4.90 Å². The third kappa shape index (κ3) is 2.47. The Morgan fingerprint density at radius 1 is 1.50 bits per heavy atom. The fourth-order valence-electron chi connectivity index (χ4n) is 1.79. The highest BCUT2D eigenvalue weighted by molar-refractivity contribution is 5.84. The van der Waals surface area contributed by atoms with E-state index in [9.17, 15) is 9.59 Å². The highest BCUT2D eigenvalue weighted by atomic mass is 16.4. The summed E-state index contributed by atoms with van der Waals surface area (Å²) in [7, 11) is 0. The molecular formula is C10H17NO3. The fourth-order valence-corrected chi connectivity index (χ4v) is 1.79. The molecule has 1 aliphatic rings. The maximum atomic E-state index is 11.6. The van der Waals surface area contributed by atoms with Crippen LogP contribution < -0.4 is 0 Å². The lowest BCUT2D eigenvalue weighted by Crippen LogP contribution is -2.40. The van der Waals surface area contributed by atoms with Crippen LogP contribution in [0.15, 0.2) is 0 Å². The van der Waals surface area contributed by atoms with E-state index in [0.717, 1.165) is 6.42 Å². The molecule has 14 heavy (non-hydrogen) atoms. The van der Waals surface area contributed by atoms with Crippen LogP contribution in [-0.2, 0) is 9.59 Å². The van der Waals surface area contributed by atoms with Crippen LogP contribution in [0.3, 0.4) is 0 Å². The normalized spacial score (nSPS) is 21.6. The molecule has 80 valence electrons. The molecule has 0 radical (unpaired) electrons. The summed E-state index contributed by atoms with van der Waals surface area (Å²) in [6, 6.07) is -0.582. The van der Waals surface area contributed by atoms with Crippen molar-refractivity contribution in [3.8, 4) is 0 Å². The van der Waals surface area contributed by atoms with Gasteiger partial charge in [0.15, 0.2) is 0 Å². The van der Waals surface area contributed by atoms with E-state index < -0.39 is 12.0 Å². The van der Waals surface area contributed by atoms with Gasteiger partial charge in [-0.3, -0.25) is 4.79 Å². The molecule has 1 N–H and O–H groups in total. The van der Waals surface area contributed by atoms with Crippen LogP contribution in [0.2, 0.25) is 0 Å². The minimum Gasteiger partial charge on any atom is -0.480 e. The molecule has 1 fully saturated rings. The lowest BCUT2D eigenvalue weighted by atomic mass is 10.1. The summed E-state index contributed by atoms with van der Waals surface area (Å²) >= 11 is 0. The number of likely N-dealkylation sites (tertiary alicyclic amines) is 1. The minimum atomic E-state index is -0.875. The second kappa shape index (κ2) is 4.44. The van der Waals surface area contributed by atoms with Gasteiger partial charge in [0.25, 0.3) is 0 Å². The van der Waals surface area contributed by atoms with Crippen molar-refractivity contribution in [2.75, 3.05) is 6.54 Å².